The summed E-state index contributed by atoms with van der Waals surface area (Å²) in [5, 5.41) is 3.43. The highest BCUT2D eigenvalue weighted by molar-refractivity contribution is 5.30. The number of nitrogens with one attached hydrogen (secondary N) is 1. The van der Waals surface area contributed by atoms with Crippen molar-refractivity contribution in [1.29, 1.82) is 0 Å². The van der Waals surface area contributed by atoms with Crippen LogP contribution in [0.5, 0.6) is 5.75 Å². The number of hydrogen-bond acceptors (Lipinski definition) is 3. The van der Waals surface area contributed by atoms with Crippen LogP contribution in [-0.4, -0.2) is 38.2 Å². The van der Waals surface area contributed by atoms with Gasteiger partial charge in [0, 0.05) is 12.1 Å². The first kappa shape index (κ1) is 15.3. The maximum absolute atomic E-state index is 13.8. The van der Waals surface area contributed by atoms with Gasteiger partial charge in [-0.15, -0.1) is 0 Å². The summed E-state index contributed by atoms with van der Waals surface area (Å²) in [4.78, 5) is 2.37. The average Bonchev–Trinajstić information content (AvgIpc) is 2.74. The van der Waals surface area contributed by atoms with Gasteiger partial charge in [0.05, 0.1) is 7.11 Å². The monoisotopic (exact) mass is 280 g/mol. The largest absolute Gasteiger partial charge is 0.494 e. The van der Waals surface area contributed by atoms with E-state index in [1.165, 1.54) is 20.0 Å². The molecule has 112 valence electrons. The summed E-state index contributed by atoms with van der Waals surface area (Å²) in [6.45, 7) is 4.31. The van der Waals surface area contributed by atoms with Crippen molar-refractivity contribution in [2.45, 2.75) is 38.3 Å². The molecule has 1 aliphatic heterocycles. The molecule has 4 heteroatoms. The summed E-state index contributed by atoms with van der Waals surface area (Å²) in [7, 11) is 3.63. The molecule has 1 aromatic rings. The smallest absolute Gasteiger partial charge is 0.165 e. The van der Waals surface area contributed by atoms with Crippen molar-refractivity contribution in [1.82, 2.24) is 10.2 Å². The number of ether oxygens (including phenoxy) is 1. The van der Waals surface area contributed by atoms with E-state index in [9.17, 15) is 4.39 Å². The molecule has 2 rings (SSSR count). The van der Waals surface area contributed by atoms with Crippen molar-refractivity contribution in [2.75, 3.05) is 27.2 Å². The Morgan fingerprint density at radius 1 is 1.35 bits per heavy atom. The second kappa shape index (κ2) is 7.04. The first-order valence-electron chi connectivity index (χ1n) is 7.39. The van der Waals surface area contributed by atoms with Gasteiger partial charge >= 0.3 is 0 Å². The maximum Gasteiger partial charge on any atom is 0.165 e. The lowest BCUT2D eigenvalue weighted by Gasteiger charge is -2.33. The predicted octanol–water partition coefficient (Wildman–Crippen LogP) is 2.97. The Morgan fingerprint density at radius 3 is 2.85 bits per heavy atom. The molecule has 1 N–H and O–H groups in total. The van der Waals surface area contributed by atoms with Gasteiger partial charge < -0.3 is 10.1 Å². The van der Waals surface area contributed by atoms with Gasteiger partial charge in [0.1, 0.15) is 0 Å². The molecule has 2 atom stereocenters. The van der Waals surface area contributed by atoms with Gasteiger partial charge in [0.25, 0.3) is 0 Å². The molecule has 0 aliphatic carbocycles. The fourth-order valence-electron chi connectivity index (χ4n) is 2.90. The summed E-state index contributed by atoms with van der Waals surface area (Å²) in [5.74, 6) is 0.0232. The zero-order valence-corrected chi connectivity index (χ0v) is 12.7. The number of benzene rings is 1. The Morgan fingerprint density at radius 2 is 2.15 bits per heavy atom. The first-order valence-corrected chi connectivity index (χ1v) is 7.39. The third kappa shape index (κ3) is 3.49. The van der Waals surface area contributed by atoms with E-state index in [-0.39, 0.29) is 11.9 Å². The molecule has 0 saturated carbocycles. The molecule has 1 saturated heterocycles. The number of methoxy groups -OCH3 is 1. The Kier molecular flexibility index (Phi) is 5.38. The number of rotatable bonds is 4. The Bertz CT molecular complexity index is 430. The quantitative estimate of drug-likeness (QED) is 0.917. The molecule has 0 bridgehead atoms. The van der Waals surface area contributed by atoms with E-state index in [0.717, 1.165) is 25.1 Å². The average molecular weight is 280 g/mol. The highest BCUT2D eigenvalue weighted by Crippen LogP contribution is 2.27. The lowest BCUT2D eigenvalue weighted by atomic mass is 10.0. The zero-order chi connectivity index (χ0) is 14.5. The summed E-state index contributed by atoms with van der Waals surface area (Å²) >= 11 is 0. The molecule has 0 amide bonds. The summed E-state index contributed by atoms with van der Waals surface area (Å²) in [6, 6.07) is 6.03. The molecule has 1 heterocycles. The van der Waals surface area contributed by atoms with Crippen LogP contribution in [0.1, 0.15) is 37.8 Å². The number of halogens is 1. The molecule has 20 heavy (non-hydrogen) atoms. The third-order valence-electron chi connectivity index (χ3n) is 4.39. The zero-order valence-electron chi connectivity index (χ0n) is 12.7. The lowest BCUT2D eigenvalue weighted by Crippen LogP contribution is -2.34. The Balaban J connectivity index is 2.08. The minimum atomic E-state index is -0.284. The van der Waals surface area contributed by atoms with Crippen LogP contribution >= 0.6 is 0 Å². The van der Waals surface area contributed by atoms with Crippen LogP contribution in [0.2, 0.25) is 0 Å². The highest BCUT2D eigenvalue weighted by atomic mass is 19.1. The molecule has 2 unspecified atom stereocenters. The summed E-state index contributed by atoms with van der Waals surface area (Å²) in [6.07, 6.45) is 3.56. The van der Waals surface area contributed by atoms with E-state index < -0.39 is 0 Å². The fourth-order valence-corrected chi connectivity index (χ4v) is 2.90. The highest BCUT2D eigenvalue weighted by Gasteiger charge is 2.22. The molecule has 3 nitrogen and oxygen atoms in total. The van der Waals surface area contributed by atoms with Crippen LogP contribution in [0.4, 0.5) is 4.39 Å². The van der Waals surface area contributed by atoms with Crippen molar-refractivity contribution >= 4 is 0 Å². The van der Waals surface area contributed by atoms with Gasteiger partial charge in [-0.2, -0.15) is 0 Å². The van der Waals surface area contributed by atoms with Gasteiger partial charge in [0.15, 0.2) is 11.6 Å². The molecule has 0 spiro atoms. The Labute approximate surface area is 121 Å². The Hall–Kier alpha value is -1.13. The lowest BCUT2D eigenvalue weighted by molar-refractivity contribution is 0.171. The topological polar surface area (TPSA) is 24.5 Å². The van der Waals surface area contributed by atoms with Crippen molar-refractivity contribution in [3.8, 4) is 5.75 Å². The standard InChI is InChI=1S/C16H25FN2O/c1-12(13-6-7-16(20-3)15(17)11-13)19(2)14-5-4-9-18-10-8-14/h6-7,11-12,14,18H,4-5,8-10H2,1-3H3. The minimum absolute atomic E-state index is 0.207. The molecule has 0 aromatic heterocycles. The van der Waals surface area contributed by atoms with E-state index in [2.05, 4.69) is 24.2 Å². The van der Waals surface area contributed by atoms with E-state index in [0.29, 0.717) is 11.8 Å². The van der Waals surface area contributed by atoms with Crippen LogP contribution in [0.15, 0.2) is 18.2 Å². The SMILES string of the molecule is COc1ccc(C(C)N(C)C2CCCNCC2)cc1F. The molecular formula is C16H25FN2O. The van der Waals surface area contributed by atoms with E-state index in [4.69, 9.17) is 4.74 Å². The van der Waals surface area contributed by atoms with Crippen LogP contribution in [0.25, 0.3) is 0 Å². The normalized spacial score (nSPS) is 21.6. The van der Waals surface area contributed by atoms with Gasteiger partial charge in [-0.1, -0.05) is 6.07 Å². The van der Waals surface area contributed by atoms with Crippen molar-refractivity contribution in [2.24, 2.45) is 0 Å². The van der Waals surface area contributed by atoms with E-state index in [1.807, 2.05) is 6.07 Å². The van der Waals surface area contributed by atoms with Crippen LogP contribution < -0.4 is 10.1 Å². The second-order valence-electron chi connectivity index (χ2n) is 5.57. The molecule has 1 aromatic carbocycles. The van der Waals surface area contributed by atoms with Gasteiger partial charge in [-0.05, 0) is 64.0 Å². The fraction of sp³-hybridized carbons (Fsp3) is 0.625. The first-order chi connectivity index (χ1) is 9.63. The van der Waals surface area contributed by atoms with Crippen molar-refractivity contribution < 1.29 is 9.13 Å². The van der Waals surface area contributed by atoms with E-state index >= 15 is 0 Å². The molecule has 1 aliphatic rings. The number of nitrogens with zero attached hydrogens (tertiary/aromatic N) is 1. The summed E-state index contributed by atoms with van der Waals surface area (Å²) in [5.41, 5.74) is 1.00. The number of hydrogen-bond donors (Lipinski definition) is 1. The van der Waals surface area contributed by atoms with Gasteiger partial charge in [0.2, 0.25) is 0 Å². The van der Waals surface area contributed by atoms with Gasteiger partial charge in [-0.25, -0.2) is 4.39 Å². The minimum Gasteiger partial charge on any atom is -0.494 e. The van der Waals surface area contributed by atoms with Crippen molar-refractivity contribution in [3.05, 3.63) is 29.6 Å². The third-order valence-corrected chi connectivity index (χ3v) is 4.39. The molecule has 1 fully saturated rings. The van der Waals surface area contributed by atoms with E-state index in [1.54, 1.807) is 12.1 Å². The van der Waals surface area contributed by atoms with Crippen LogP contribution in [0, 0.1) is 5.82 Å². The van der Waals surface area contributed by atoms with Crippen molar-refractivity contribution in [3.63, 3.8) is 0 Å². The van der Waals surface area contributed by atoms with Crippen LogP contribution in [-0.2, 0) is 0 Å². The maximum atomic E-state index is 13.8. The summed E-state index contributed by atoms with van der Waals surface area (Å²) < 4.78 is 18.8. The molecule has 0 radical (unpaired) electrons. The second-order valence-corrected chi connectivity index (χ2v) is 5.57. The molecular weight excluding hydrogens is 255 g/mol. The van der Waals surface area contributed by atoms with Crippen LogP contribution in [0.3, 0.4) is 0 Å². The van der Waals surface area contributed by atoms with Gasteiger partial charge in [-0.3, -0.25) is 4.90 Å². The predicted molar refractivity (Wildman–Crippen MR) is 79.6 cm³/mol.